The number of nitrogens with zero attached hydrogens (tertiary/aromatic N) is 1. The van der Waals surface area contributed by atoms with E-state index in [1.807, 2.05) is 0 Å². The lowest BCUT2D eigenvalue weighted by Gasteiger charge is -2.35. The summed E-state index contributed by atoms with van der Waals surface area (Å²) in [6, 6.07) is 0. The summed E-state index contributed by atoms with van der Waals surface area (Å²) in [7, 11) is 1.66. The second-order valence-corrected chi connectivity index (χ2v) is 3.69. The minimum atomic E-state index is 0.313. The van der Waals surface area contributed by atoms with Crippen LogP contribution in [0.5, 0.6) is 0 Å². The second-order valence-electron chi connectivity index (χ2n) is 3.69. The van der Waals surface area contributed by atoms with E-state index in [0.29, 0.717) is 12.2 Å². The lowest BCUT2D eigenvalue weighted by atomic mass is 10.2. The zero-order chi connectivity index (χ0) is 9.84. The van der Waals surface area contributed by atoms with Gasteiger partial charge in [-0.25, -0.2) is 0 Å². The average Bonchev–Trinajstić information content (AvgIpc) is 2.02. The standard InChI is InChI=1S/C10H19NO2/c1-8(12-4)5-11-6-9(2)13-10(3)7-11/h9-10H,1,5-7H2,2-4H3. The van der Waals surface area contributed by atoms with Crippen LogP contribution in [0.2, 0.25) is 0 Å². The minimum Gasteiger partial charge on any atom is -0.500 e. The first-order valence-electron chi connectivity index (χ1n) is 4.71. The van der Waals surface area contributed by atoms with Crippen molar-refractivity contribution in [1.29, 1.82) is 0 Å². The molecule has 0 N–H and O–H groups in total. The fourth-order valence-electron chi connectivity index (χ4n) is 1.73. The van der Waals surface area contributed by atoms with Crippen LogP contribution >= 0.6 is 0 Å². The molecule has 1 aliphatic rings. The van der Waals surface area contributed by atoms with Gasteiger partial charge in [-0.2, -0.15) is 0 Å². The summed E-state index contributed by atoms with van der Waals surface area (Å²) in [5.41, 5.74) is 0. The Labute approximate surface area is 80.3 Å². The normalized spacial score (nSPS) is 30.1. The van der Waals surface area contributed by atoms with Crippen LogP contribution in [0.25, 0.3) is 0 Å². The third-order valence-electron chi connectivity index (χ3n) is 2.18. The van der Waals surface area contributed by atoms with Crippen molar-refractivity contribution in [2.24, 2.45) is 0 Å². The summed E-state index contributed by atoms with van der Waals surface area (Å²) in [5, 5.41) is 0. The van der Waals surface area contributed by atoms with Crippen LogP contribution in [0.3, 0.4) is 0 Å². The largest absolute Gasteiger partial charge is 0.500 e. The Morgan fingerprint density at radius 1 is 1.46 bits per heavy atom. The molecular weight excluding hydrogens is 166 g/mol. The molecule has 13 heavy (non-hydrogen) atoms. The molecule has 76 valence electrons. The summed E-state index contributed by atoms with van der Waals surface area (Å²) in [6.07, 6.45) is 0.627. The lowest BCUT2D eigenvalue weighted by molar-refractivity contribution is -0.0677. The summed E-state index contributed by atoms with van der Waals surface area (Å²) in [5.74, 6) is 0.821. The summed E-state index contributed by atoms with van der Waals surface area (Å²) >= 11 is 0. The molecule has 2 atom stereocenters. The maximum Gasteiger partial charge on any atom is 0.102 e. The molecule has 1 aliphatic heterocycles. The van der Waals surface area contributed by atoms with E-state index >= 15 is 0 Å². The van der Waals surface area contributed by atoms with Crippen molar-refractivity contribution >= 4 is 0 Å². The average molecular weight is 185 g/mol. The van der Waals surface area contributed by atoms with Gasteiger partial charge in [0.1, 0.15) is 5.76 Å². The first-order valence-corrected chi connectivity index (χ1v) is 4.71. The SMILES string of the molecule is C=C(CN1CC(C)OC(C)C1)OC. The van der Waals surface area contributed by atoms with E-state index in [4.69, 9.17) is 9.47 Å². The monoisotopic (exact) mass is 185 g/mol. The predicted molar refractivity (Wildman–Crippen MR) is 52.6 cm³/mol. The molecule has 3 nitrogen and oxygen atoms in total. The van der Waals surface area contributed by atoms with Gasteiger partial charge in [0.2, 0.25) is 0 Å². The van der Waals surface area contributed by atoms with Gasteiger partial charge in [-0.15, -0.1) is 0 Å². The second kappa shape index (κ2) is 4.63. The topological polar surface area (TPSA) is 21.7 Å². The molecule has 2 unspecified atom stereocenters. The molecular formula is C10H19NO2. The van der Waals surface area contributed by atoms with Gasteiger partial charge in [-0.1, -0.05) is 6.58 Å². The predicted octanol–water partition coefficient (Wildman–Crippen LogP) is 1.26. The van der Waals surface area contributed by atoms with E-state index in [1.54, 1.807) is 7.11 Å². The Morgan fingerprint density at radius 2 is 2.00 bits per heavy atom. The zero-order valence-corrected chi connectivity index (χ0v) is 8.75. The molecule has 0 radical (unpaired) electrons. The van der Waals surface area contributed by atoms with Crippen molar-refractivity contribution in [1.82, 2.24) is 4.90 Å². The van der Waals surface area contributed by atoms with Crippen molar-refractivity contribution < 1.29 is 9.47 Å². The number of ether oxygens (including phenoxy) is 2. The minimum absolute atomic E-state index is 0.313. The number of morpholine rings is 1. The summed E-state index contributed by atoms with van der Waals surface area (Å²) in [6.45, 7) is 10.7. The van der Waals surface area contributed by atoms with Crippen LogP contribution in [-0.2, 0) is 9.47 Å². The molecule has 0 saturated carbocycles. The van der Waals surface area contributed by atoms with Crippen LogP contribution in [0.1, 0.15) is 13.8 Å². The molecule has 0 aromatic carbocycles. The van der Waals surface area contributed by atoms with Gasteiger partial charge in [0.15, 0.2) is 0 Å². The number of hydrogen-bond donors (Lipinski definition) is 0. The smallest absolute Gasteiger partial charge is 0.102 e. The molecule has 3 heteroatoms. The van der Waals surface area contributed by atoms with Crippen molar-refractivity contribution in [2.45, 2.75) is 26.1 Å². The molecule has 0 amide bonds. The molecule has 1 rings (SSSR count). The van der Waals surface area contributed by atoms with E-state index in [0.717, 1.165) is 25.4 Å². The number of methoxy groups -OCH3 is 1. The van der Waals surface area contributed by atoms with Crippen molar-refractivity contribution in [3.05, 3.63) is 12.3 Å². The quantitative estimate of drug-likeness (QED) is 0.618. The molecule has 0 aromatic heterocycles. The van der Waals surface area contributed by atoms with Gasteiger partial charge < -0.3 is 9.47 Å². The fraction of sp³-hybridized carbons (Fsp3) is 0.800. The molecule has 0 spiro atoms. The van der Waals surface area contributed by atoms with E-state index < -0.39 is 0 Å². The van der Waals surface area contributed by atoms with Crippen molar-refractivity contribution in [3.63, 3.8) is 0 Å². The molecule has 1 fully saturated rings. The van der Waals surface area contributed by atoms with E-state index in [1.165, 1.54) is 0 Å². The van der Waals surface area contributed by atoms with Gasteiger partial charge in [0, 0.05) is 13.1 Å². The highest BCUT2D eigenvalue weighted by Gasteiger charge is 2.22. The molecule has 0 bridgehead atoms. The van der Waals surface area contributed by atoms with Gasteiger partial charge >= 0.3 is 0 Å². The Balaban J connectivity index is 2.37. The van der Waals surface area contributed by atoms with Crippen LogP contribution in [-0.4, -0.2) is 43.9 Å². The van der Waals surface area contributed by atoms with Crippen LogP contribution in [0.4, 0.5) is 0 Å². The van der Waals surface area contributed by atoms with Crippen LogP contribution in [0.15, 0.2) is 12.3 Å². The maximum absolute atomic E-state index is 5.62. The first kappa shape index (κ1) is 10.5. The first-order chi connectivity index (χ1) is 6.11. The van der Waals surface area contributed by atoms with Crippen molar-refractivity contribution in [2.75, 3.05) is 26.7 Å². The molecule has 0 aliphatic carbocycles. The van der Waals surface area contributed by atoms with Gasteiger partial charge in [0.25, 0.3) is 0 Å². The highest BCUT2D eigenvalue weighted by Crippen LogP contribution is 2.11. The van der Waals surface area contributed by atoms with E-state index in [9.17, 15) is 0 Å². The van der Waals surface area contributed by atoms with Crippen LogP contribution < -0.4 is 0 Å². The third kappa shape index (κ3) is 3.36. The highest BCUT2D eigenvalue weighted by molar-refractivity contribution is 4.88. The number of rotatable bonds is 3. The van der Waals surface area contributed by atoms with E-state index in [2.05, 4.69) is 25.3 Å². The zero-order valence-electron chi connectivity index (χ0n) is 8.75. The Bertz CT molecular complexity index is 172. The van der Waals surface area contributed by atoms with Crippen LogP contribution in [0, 0.1) is 0 Å². The van der Waals surface area contributed by atoms with Gasteiger partial charge in [-0.3, -0.25) is 4.90 Å². The third-order valence-corrected chi connectivity index (χ3v) is 2.18. The highest BCUT2D eigenvalue weighted by atomic mass is 16.5. The lowest BCUT2D eigenvalue weighted by Crippen LogP contribution is -2.46. The Kier molecular flexibility index (Phi) is 3.75. The van der Waals surface area contributed by atoms with Gasteiger partial charge in [-0.05, 0) is 13.8 Å². The summed E-state index contributed by atoms with van der Waals surface area (Å²) < 4.78 is 10.7. The maximum atomic E-state index is 5.62. The molecule has 0 aromatic rings. The molecule has 1 saturated heterocycles. The van der Waals surface area contributed by atoms with Crippen molar-refractivity contribution in [3.8, 4) is 0 Å². The molecule has 1 heterocycles. The Morgan fingerprint density at radius 3 is 2.46 bits per heavy atom. The number of hydrogen-bond acceptors (Lipinski definition) is 3. The fourth-order valence-corrected chi connectivity index (χ4v) is 1.73. The summed E-state index contributed by atoms with van der Waals surface area (Å²) in [4.78, 5) is 2.31. The van der Waals surface area contributed by atoms with Gasteiger partial charge in [0.05, 0.1) is 25.9 Å². The van der Waals surface area contributed by atoms with E-state index in [-0.39, 0.29) is 0 Å². The Hall–Kier alpha value is -0.540.